The quantitative estimate of drug-likeness (QED) is 0.898. The molecule has 2 bridgehead atoms. The SMILES string of the molecule is CC(C)n1nc(-c2cnc(N)c(OC(F)F)c2)cc1[C@@]12[C@@H]3[C@H]1CC[C@@H]32. The molecule has 0 saturated heterocycles. The number of pyridine rings is 1. The third-order valence-electron chi connectivity index (χ3n) is 6.28. The van der Waals surface area contributed by atoms with Crippen LogP contribution in [-0.4, -0.2) is 21.4 Å². The van der Waals surface area contributed by atoms with E-state index in [1.54, 1.807) is 6.20 Å². The lowest BCUT2D eigenvalue weighted by Gasteiger charge is -2.14. The Morgan fingerprint density at radius 3 is 2.60 bits per heavy atom. The zero-order valence-corrected chi connectivity index (χ0v) is 14.1. The molecule has 4 atom stereocenters. The molecular formula is C18H20F2N4O. The van der Waals surface area contributed by atoms with Crippen molar-refractivity contribution >= 4 is 5.82 Å². The summed E-state index contributed by atoms with van der Waals surface area (Å²) < 4.78 is 31.7. The molecule has 4 fully saturated rings. The Labute approximate surface area is 144 Å². The zero-order valence-electron chi connectivity index (χ0n) is 14.1. The first-order chi connectivity index (χ1) is 11.9. The van der Waals surface area contributed by atoms with Crippen molar-refractivity contribution in [3.05, 3.63) is 24.0 Å². The zero-order chi connectivity index (χ0) is 17.5. The monoisotopic (exact) mass is 346 g/mol. The van der Waals surface area contributed by atoms with E-state index in [9.17, 15) is 8.78 Å². The summed E-state index contributed by atoms with van der Waals surface area (Å²) in [6, 6.07) is 3.85. The number of anilines is 1. The molecule has 25 heavy (non-hydrogen) atoms. The largest absolute Gasteiger partial charge is 0.431 e. The van der Waals surface area contributed by atoms with Crippen LogP contribution in [0.15, 0.2) is 18.3 Å². The topological polar surface area (TPSA) is 66.0 Å². The van der Waals surface area contributed by atoms with E-state index >= 15 is 0 Å². The number of hydrogen-bond acceptors (Lipinski definition) is 4. The van der Waals surface area contributed by atoms with Crippen molar-refractivity contribution in [2.75, 3.05) is 5.73 Å². The lowest BCUT2D eigenvalue weighted by molar-refractivity contribution is -0.0494. The van der Waals surface area contributed by atoms with Crippen molar-refractivity contribution in [1.82, 2.24) is 14.8 Å². The average Bonchev–Trinajstić information content (AvgIpc) is 3.09. The fraction of sp³-hybridized carbons (Fsp3) is 0.556. The summed E-state index contributed by atoms with van der Waals surface area (Å²) in [6.07, 6.45) is 4.21. The molecule has 132 valence electrons. The molecule has 0 spiro atoms. The first kappa shape index (κ1) is 15.1. The highest BCUT2D eigenvalue weighted by molar-refractivity contribution is 5.66. The number of nitrogens with zero attached hydrogens (tertiary/aromatic N) is 3. The van der Waals surface area contributed by atoms with Crippen LogP contribution in [0.4, 0.5) is 14.6 Å². The molecule has 5 nitrogen and oxygen atoms in total. The Kier molecular flexibility index (Phi) is 2.84. The van der Waals surface area contributed by atoms with Gasteiger partial charge in [0.2, 0.25) is 0 Å². The molecule has 4 aliphatic carbocycles. The molecule has 4 aliphatic rings. The van der Waals surface area contributed by atoms with E-state index in [2.05, 4.69) is 34.3 Å². The van der Waals surface area contributed by atoms with Gasteiger partial charge in [-0.2, -0.15) is 13.9 Å². The van der Waals surface area contributed by atoms with Crippen molar-refractivity contribution in [3.63, 3.8) is 0 Å². The first-order valence-corrected chi connectivity index (χ1v) is 8.75. The lowest BCUT2D eigenvalue weighted by Crippen LogP contribution is -2.14. The maximum atomic E-state index is 12.5. The molecule has 2 aromatic heterocycles. The van der Waals surface area contributed by atoms with Gasteiger partial charge >= 0.3 is 6.61 Å². The van der Waals surface area contributed by atoms with Gasteiger partial charge in [-0.3, -0.25) is 4.68 Å². The second kappa shape index (κ2) is 4.71. The van der Waals surface area contributed by atoms with E-state index in [0.717, 1.165) is 23.4 Å². The molecule has 0 aliphatic heterocycles. The number of rotatable bonds is 5. The Morgan fingerprint density at radius 2 is 2.00 bits per heavy atom. The standard InChI is InChI=1S/C18H20F2N4O/c1-8(2)24-14(18-10-3-4-11(18)15(10)18)6-12(23-24)9-5-13(25-17(19)20)16(21)22-7-9/h5-8,10-11,15,17H,3-4H2,1-2H3,(H2,21,22)/t10-,11+,15-,18-. The van der Waals surface area contributed by atoms with Crippen LogP contribution >= 0.6 is 0 Å². The normalized spacial score (nSPS) is 31.5. The van der Waals surface area contributed by atoms with Gasteiger partial charge in [-0.1, -0.05) is 0 Å². The first-order valence-electron chi connectivity index (χ1n) is 8.75. The van der Waals surface area contributed by atoms with Gasteiger partial charge in [0.15, 0.2) is 11.6 Å². The van der Waals surface area contributed by atoms with Crippen LogP contribution in [0.3, 0.4) is 0 Å². The fourth-order valence-corrected chi connectivity index (χ4v) is 5.25. The minimum absolute atomic E-state index is 0.0475. The molecule has 2 N–H and O–H groups in total. The van der Waals surface area contributed by atoms with Crippen molar-refractivity contribution in [1.29, 1.82) is 0 Å². The number of halogens is 2. The van der Waals surface area contributed by atoms with E-state index < -0.39 is 6.61 Å². The summed E-state index contributed by atoms with van der Waals surface area (Å²) in [5, 5.41) is 4.75. The van der Waals surface area contributed by atoms with E-state index in [0.29, 0.717) is 11.0 Å². The Balaban J connectivity index is 1.55. The molecular weight excluding hydrogens is 326 g/mol. The molecule has 7 heteroatoms. The molecule has 2 heterocycles. The smallest absolute Gasteiger partial charge is 0.387 e. The summed E-state index contributed by atoms with van der Waals surface area (Å²) in [7, 11) is 0. The van der Waals surface area contributed by atoms with Gasteiger partial charge in [-0.25, -0.2) is 4.98 Å². The summed E-state index contributed by atoms with van der Waals surface area (Å²) in [5.74, 6) is 2.33. The summed E-state index contributed by atoms with van der Waals surface area (Å²) in [4.78, 5) is 3.99. The summed E-state index contributed by atoms with van der Waals surface area (Å²) in [6.45, 7) is 1.30. The predicted molar refractivity (Wildman–Crippen MR) is 88.3 cm³/mol. The van der Waals surface area contributed by atoms with Crippen molar-refractivity contribution in [2.45, 2.75) is 44.8 Å². The molecule has 0 unspecified atom stereocenters. The van der Waals surface area contributed by atoms with Gasteiger partial charge in [-0.15, -0.1) is 0 Å². The number of fused-ring (bicyclic) bond motifs is 1. The van der Waals surface area contributed by atoms with E-state index in [-0.39, 0.29) is 17.6 Å². The minimum Gasteiger partial charge on any atom is -0.431 e. The van der Waals surface area contributed by atoms with E-state index in [1.807, 2.05) is 0 Å². The lowest BCUT2D eigenvalue weighted by atomic mass is 10.0. The Bertz CT molecular complexity index is 841. The van der Waals surface area contributed by atoms with Crippen LogP contribution in [0.25, 0.3) is 11.3 Å². The van der Waals surface area contributed by atoms with Gasteiger partial charge in [0.1, 0.15) is 0 Å². The average molecular weight is 346 g/mol. The maximum Gasteiger partial charge on any atom is 0.387 e. The van der Waals surface area contributed by atoms with Crippen molar-refractivity contribution in [2.24, 2.45) is 17.8 Å². The minimum atomic E-state index is -2.93. The van der Waals surface area contributed by atoms with Crippen LogP contribution in [0.5, 0.6) is 5.75 Å². The number of aromatic nitrogens is 3. The summed E-state index contributed by atoms with van der Waals surface area (Å²) >= 11 is 0. The van der Waals surface area contributed by atoms with Crippen molar-refractivity contribution < 1.29 is 13.5 Å². The third kappa shape index (κ3) is 1.86. The predicted octanol–water partition coefficient (Wildman–Crippen LogP) is 3.62. The number of nitrogen functional groups attached to an aromatic ring is 1. The van der Waals surface area contributed by atoms with E-state index in [1.165, 1.54) is 24.6 Å². The number of hydrogen-bond donors (Lipinski definition) is 1. The number of alkyl halides is 2. The van der Waals surface area contributed by atoms with Crippen LogP contribution in [0.1, 0.15) is 38.4 Å². The highest BCUT2D eigenvalue weighted by atomic mass is 19.3. The molecule has 0 aromatic carbocycles. The molecule has 2 aromatic rings. The van der Waals surface area contributed by atoms with Crippen LogP contribution in [0.2, 0.25) is 0 Å². The van der Waals surface area contributed by atoms with Gasteiger partial charge in [0.25, 0.3) is 0 Å². The van der Waals surface area contributed by atoms with Crippen LogP contribution in [0, 0.1) is 17.8 Å². The fourth-order valence-electron chi connectivity index (χ4n) is 5.25. The summed E-state index contributed by atoms with van der Waals surface area (Å²) in [5.41, 5.74) is 8.66. The second-order valence-corrected chi connectivity index (χ2v) is 7.69. The number of ether oxygens (including phenoxy) is 1. The second-order valence-electron chi connectivity index (χ2n) is 7.69. The van der Waals surface area contributed by atoms with Gasteiger partial charge in [-0.05, 0) is 56.6 Å². The van der Waals surface area contributed by atoms with Crippen LogP contribution < -0.4 is 10.5 Å². The molecule has 6 rings (SSSR count). The molecule has 4 saturated carbocycles. The van der Waals surface area contributed by atoms with Gasteiger partial charge < -0.3 is 10.5 Å². The van der Waals surface area contributed by atoms with Crippen molar-refractivity contribution in [3.8, 4) is 17.0 Å². The number of nitrogens with two attached hydrogens (primary N) is 1. The highest BCUT2D eigenvalue weighted by Crippen LogP contribution is 2.91. The van der Waals surface area contributed by atoms with Gasteiger partial charge in [0, 0.05) is 28.9 Å². The Hall–Kier alpha value is -2.18. The molecule has 0 amide bonds. The maximum absolute atomic E-state index is 12.5. The Morgan fingerprint density at radius 1 is 1.28 bits per heavy atom. The molecule has 0 radical (unpaired) electrons. The highest BCUT2D eigenvalue weighted by Gasteiger charge is 2.90. The van der Waals surface area contributed by atoms with Gasteiger partial charge in [0.05, 0.1) is 5.69 Å². The van der Waals surface area contributed by atoms with E-state index in [4.69, 9.17) is 10.8 Å². The third-order valence-corrected chi connectivity index (χ3v) is 6.28. The van der Waals surface area contributed by atoms with Crippen LogP contribution in [-0.2, 0) is 5.41 Å².